The monoisotopic (exact) mass is 477 g/mol. The van der Waals surface area contributed by atoms with Crippen molar-refractivity contribution in [2.45, 2.75) is 40.0 Å². The first-order valence-electron chi connectivity index (χ1n) is 12.3. The predicted molar refractivity (Wildman–Crippen MR) is 134 cm³/mol. The Morgan fingerprint density at radius 1 is 1.03 bits per heavy atom. The van der Waals surface area contributed by atoms with Crippen molar-refractivity contribution in [1.29, 1.82) is 0 Å². The number of nitrogens with zero attached hydrogens (tertiary/aromatic N) is 2. The number of H-pyrrole nitrogens is 1. The third-order valence-electron chi connectivity index (χ3n) is 7.05. The van der Waals surface area contributed by atoms with Crippen LogP contribution in [0.4, 0.5) is 4.39 Å². The van der Waals surface area contributed by atoms with E-state index in [2.05, 4.69) is 4.98 Å². The van der Waals surface area contributed by atoms with Gasteiger partial charge in [0.25, 0.3) is 11.8 Å². The predicted octanol–water partition coefficient (Wildman–Crippen LogP) is 4.76. The molecule has 2 aromatic carbocycles. The second-order valence-corrected chi connectivity index (χ2v) is 9.26. The second kappa shape index (κ2) is 10.4. The fraction of sp³-hybridized carbons (Fsp3) is 0.393. The van der Waals surface area contributed by atoms with Crippen LogP contribution >= 0.6 is 0 Å². The lowest BCUT2D eigenvalue weighted by Gasteiger charge is -2.32. The van der Waals surface area contributed by atoms with Crippen LogP contribution in [-0.2, 0) is 11.2 Å². The van der Waals surface area contributed by atoms with Gasteiger partial charge in [0.05, 0.1) is 5.56 Å². The minimum Gasteiger partial charge on any atom is -0.358 e. The molecule has 7 heteroatoms. The van der Waals surface area contributed by atoms with Crippen molar-refractivity contribution in [2.24, 2.45) is 5.92 Å². The highest BCUT2D eigenvalue weighted by atomic mass is 19.1. The highest BCUT2D eigenvalue weighted by Crippen LogP contribution is 2.28. The Kier molecular flexibility index (Phi) is 7.34. The van der Waals surface area contributed by atoms with Gasteiger partial charge in [0, 0.05) is 48.3 Å². The minimum absolute atomic E-state index is 0.0614. The van der Waals surface area contributed by atoms with Gasteiger partial charge in [-0.05, 0) is 81.8 Å². The lowest BCUT2D eigenvalue weighted by molar-refractivity contribution is -0.126. The Bertz CT molecular complexity index is 1240. The summed E-state index contributed by atoms with van der Waals surface area (Å²) in [4.78, 5) is 45.5. The summed E-state index contributed by atoms with van der Waals surface area (Å²) in [5.41, 5.74) is 3.48. The van der Waals surface area contributed by atoms with E-state index in [-0.39, 0.29) is 11.7 Å². The number of likely N-dealkylation sites (N-methyl/N-ethyl adjacent to an activating group) is 1. The van der Waals surface area contributed by atoms with E-state index in [4.69, 9.17) is 0 Å². The molecule has 1 N–H and O–H groups in total. The molecule has 184 valence electrons. The number of carbonyl (C=O) groups excluding carboxylic acids is 3. The van der Waals surface area contributed by atoms with Crippen LogP contribution in [0.1, 0.15) is 58.7 Å². The summed E-state index contributed by atoms with van der Waals surface area (Å²) in [7, 11) is 0. The van der Waals surface area contributed by atoms with Crippen LogP contribution in [0, 0.1) is 18.7 Å². The fourth-order valence-corrected chi connectivity index (χ4v) is 4.97. The molecule has 2 heterocycles. The number of aryl methyl sites for hydroxylation is 1. The molecule has 0 aliphatic carbocycles. The minimum atomic E-state index is -0.561. The molecule has 0 spiro atoms. The maximum atomic E-state index is 13.5. The van der Waals surface area contributed by atoms with E-state index < -0.39 is 11.7 Å². The molecule has 0 atom stereocenters. The van der Waals surface area contributed by atoms with Crippen LogP contribution in [0.2, 0.25) is 0 Å². The van der Waals surface area contributed by atoms with E-state index in [1.807, 2.05) is 37.8 Å². The molecule has 4 rings (SSSR count). The summed E-state index contributed by atoms with van der Waals surface area (Å²) in [5, 5.41) is 0.666. The number of likely N-dealkylation sites (tertiary alicyclic amines) is 1. The Morgan fingerprint density at radius 2 is 1.69 bits per heavy atom. The maximum absolute atomic E-state index is 13.5. The van der Waals surface area contributed by atoms with Gasteiger partial charge in [-0.1, -0.05) is 12.1 Å². The van der Waals surface area contributed by atoms with E-state index >= 15 is 0 Å². The van der Waals surface area contributed by atoms with Gasteiger partial charge in [-0.15, -0.1) is 0 Å². The number of hydrogen-bond acceptors (Lipinski definition) is 3. The van der Waals surface area contributed by atoms with Crippen LogP contribution < -0.4 is 0 Å². The van der Waals surface area contributed by atoms with E-state index in [1.165, 1.54) is 17.0 Å². The van der Waals surface area contributed by atoms with Crippen molar-refractivity contribution < 1.29 is 18.8 Å². The van der Waals surface area contributed by atoms with Crippen molar-refractivity contribution in [2.75, 3.05) is 26.2 Å². The first kappa shape index (κ1) is 24.6. The van der Waals surface area contributed by atoms with Gasteiger partial charge in [0.2, 0.25) is 5.78 Å². The molecule has 3 aromatic rings. The number of aromatic nitrogens is 1. The first-order chi connectivity index (χ1) is 16.8. The van der Waals surface area contributed by atoms with E-state index in [1.54, 1.807) is 18.2 Å². The highest BCUT2D eigenvalue weighted by Gasteiger charge is 2.28. The van der Waals surface area contributed by atoms with Gasteiger partial charge in [-0.2, -0.15) is 0 Å². The fourth-order valence-electron chi connectivity index (χ4n) is 4.97. The van der Waals surface area contributed by atoms with Gasteiger partial charge >= 0.3 is 0 Å². The molecule has 0 saturated carbocycles. The van der Waals surface area contributed by atoms with E-state index in [0.717, 1.165) is 36.0 Å². The summed E-state index contributed by atoms with van der Waals surface area (Å²) in [6.45, 7) is 7.77. The Balaban J connectivity index is 1.50. The number of piperidine rings is 1. The number of nitrogens with one attached hydrogen (secondary N) is 1. The summed E-state index contributed by atoms with van der Waals surface area (Å²) < 4.78 is 13.2. The quantitative estimate of drug-likeness (QED) is 0.394. The van der Waals surface area contributed by atoms with Gasteiger partial charge in [-0.25, -0.2) is 4.39 Å². The molecule has 0 unspecified atom stereocenters. The van der Waals surface area contributed by atoms with Crippen LogP contribution in [0.15, 0.2) is 42.5 Å². The van der Waals surface area contributed by atoms with Crippen molar-refractivity contribution in [3.05, 3.63) is 70.7 Å². The molecule has 1 fully saturated rings. The molecule has 0 bridgehead atoms. The lowest BCUT2D eigenvalue weighted by atomic mass is 9.90. The number of ketones is 1. The number of Topliss-reactive ketones (excluding diaryl/α,β-unsaturated/α-hetero) is 1. The van der Waals surface area contributed by atoms with Crippen molar-refractivity contribution in [3.8, 4) is 0 Å². The number of benzene rings is 2. The molecular formula is C28H32FN3O3. The van der Waals surface area contributed by atoms with E-state index in [0.29, 0.717) is 48.6 Å². The Morgan fingerprint density at radius 3 is 2.31 bits per heavy atom. The zero-order valence-electron chi connectivity index (χ0n) is 20.6. The molecule has 0 radical (unpaired) electrons. The molecule has 1 saturated heterocycles. The van der Waals surface area contributed by atoms with Crippen molar-refractivity contribution in [3.63, 3.8) is 0 Å². The Labute approximate surface area is 205 Å². The number of amides is 2. The molecule has 2 amide bonds. The van der Waals surface area contributed by atoms with Gasteiger partial charge in [0.1, 0.15) is 5.82 Å². The van der Waals surface area contributed by atoms with Crippen molar-refractivity contribution in [1.82, 2.24) is 14.8 Å². The number of carbonyl (C=O) groups is 3. The zero-order chi connectivity index (χ0) is 25.1. The normalized spacial score (nSPS) is 14.3. The molecule has 35 heavy (non-hydrogen) atoms. The van der Waals surface area contributed by atoms with Crippen molar-refractivity contribution >= 4 is 28.5 Å². The lowest BCUT2D eigenvalue weighted by Crippen LogP contribution is -2.39. The van der Waals surface area contributed by atoms with Crippen LogP contribution in [-0.4, -0.2) is 58.6 Å². The number of hydrogen-bond donors (Lipinski definition) is 1. The number of rotatable bonds is 7. The molecule has 1 aliphatic heterocycles. The largest absolute Gasteiger partial charge is 0.358 e. The summed E-state index contributed by atoms with van der Waals surface area (Å²) in [6, 6.07) is 11.7. The molecule has 1 aromatic heterocycles. The first-order valence-corrected chi connectivity index (χ1v) is 12.3. The third-order valence-corrected chi connectivity index (χ3v) is 7.05. The number of halogens is 1. The topological polar surface area (TPSA) is 73.5 Å². The average molecular weight is 478 g/mol. The summed E-state index contributed by atoms with van der Waals surface area (Å²) in [6.07, 6.45) is 2.64. The van der Waals surface area contributed by atoms with Crippen LogP contribution in [0.5, 0.6) is 0 Å². The molecule has 6 nitrogen and oxygen atoms in total. The second-order valence-electron chi connectivity index (χ2n) is 9.26. The SMILES string of the molecule is CCN(CC)C(=O)C(=O)c1ccc2[nH]c(C)c(C(=O)N3CCC(Cc4ccc(F)cc4)CC3)c2c1. The molecule has 1 aliphatic rings. The number of fused-ring (bicyclic) bond motifs is 1. The maximum Gasteiger partial charge on any atom is 0.294 e. The van der Waals surface area contributed by atoms with Gasteiger partial charge in [-0.3, -0.25) is 14.4 Å². The highest BCUT2D eigenvalue weighted by molar-refractivity contribution is 6.43. The number of aromatic amines is 1. The van der Waals surface area contributed by atoms with Gasteiger partial charge < -0.3 is 14.8 Å². The molecular weight excluding hydrogens is 445 g/mol. The van der Waals surface area contributed by atoms with Gasteiger partial charge in [0.15, 0.2) is 0 Å². The zero-order valence-corrected chi connectivity index (χ0v) is 20.6. The third kappa shape index (κ3) is 5.14. The summed E-state index contributed by atoms with van der Waals surface area (Å²) >= 11 is 0. The van der Waals surface area contributed by atoms with E-state index in [9.17, 15) is 18.8 Å². The Hall–Kier alpha value is -3.48. The summed E-state index contributed by atoms with van der Waals surface area (Å²) in [5.74, 6) is -0.935. The van der Waals surface area contributed by atoms with Crippen LogP contribution in [0.25, 0.3) is 10.9 Å². The van der Waals surface area contributed by atoms with Crippen LogP contribution in [0.3, 0.4) is 0 Å². The standard InChI is InChI=1S/C28H32FN3O3/c1-4-31(5-2)28(35)26(33)21-8-11-24-23(17-21)25(18(3)30-24)27(34)32-14-12-20(13-15-32)16-19-6-9-22(29)10-7-19/h6-11,17,20,30H,4-5,12-16H2,1-3H3. The average Bonchev–Trinajstić information content (AvgIpc) is 3.20. The smallest absolute Gasteiger partial charge is 0.294 e.